The van der Waals surface area contributed by atoms with Crippen LogP contribution in [0.2, 0.25) is 0 Å². The van der Waals surface area contributed by atoms with E-state index in [2.05, 4.69) is 4.98 Å². The molecule has 1 amide bonds. The number of benzene rings is 1. The highest BCUT2D eigenvalue weighted by atomic mass is 19.2. The molecule has 0 aliphatic carbocycles. The zero-order valence-electron chi connectivity index (χ0n) is 14.9. The quantitative estimate of drug-likeness (QED) is 0.890. The molecule has 142 valence electrons. The summed E-state index contributed by atoms with van der Waals surface area (Å²) in [6, 6.07) is 6.79. The molecule has 0 spiro atoms. The number of hydrogen-bond donors (Lipinski definition) is 1. The van der Waals surface area contributed by atoms with Crippen LogP contribution in [0.5, 0.6) is 0 Å². The van der Waals surface area contributed by atoms with Crippen LogP contribution in [0.3, 0.4) is 0 Å². The zero-order valence-corrected chi connectivity index (χ0v) is 14.9. The van der Waals surface area contributed by atoms with Crippen molar-refractivity contribution >= 4 is 11.9 Å². The summed E-state index contributed by atoms with van der Waals surface area (Å²) >= 11 is 0. The third-order valence-corrected chi connectivity index (χ3v) is 4.95. The molecule has 2 aromatic rings. The van der Waals surface area contributed by atoms with E-state index in [4.69, 9.17) is 5.11 Å². The Bertz CT molecular complexity index is 878. The van der Waals surface area contributed by atoms with Gasteiger partial charge in [-0.3, -0.25) is 4.79 Å². The van der Waals surface area contributed by atoms with Gasteiger partial charge in [-0.05, 0) is 61.9 Å². The maximum Gasteiger partial charge on any atom is 0.337 e. The first-order chi connectivity index (χ1) is 12.8. The van der Waals surface area contributed by atoms with Gasteiger partial charge in [0.15, 0.2) is 11.6 Å². The van der Waals surface area contributed by atoms with Crippen LogP contribution >= 0.6 is 0 Å². The van der Waals surface area contributed by atoms with Gasteiger partial charge in [-0.2, -0.15) is 0 Å². The van der Waals surface area contributed by atoms with Crippen LogP contribution in [0.25, 0.3) is 0 Å². The summed E-state index contributed by atoms with van der Waals surface area (Å²) < 4.78 is 26.3. The number of piperidine rings is 1. The highest BCUT2D eigenvalue weighted by Crippen LogP contribution is 2.23. The van der Waals surface area contributed by atoms with Gasteiger partial charge >= 0.3 is 5.97 Å². The molecule has 1 N–H and O–H groups in total. The van der Waals surface area contributed by atoms with Gasteiger partial charge < -0.3 is 10.0 Å². The fourth-order valence-corrected chi connectivity index (χ4v) is 3.41. The van der Waals surface area contributed by atoms with Crippen LogP contribution in [-0.4, -0.2) is 40.0 Å². The minimum Gasteiger partial charge on any atom is -0.478 e. The van der Waals surface area contributed by atoms with Crippen LogP contribution < -0.4 is 0 Å². The molecule has 1 aliphatic rings. The molecule has 27 heavy (non-hydrogen) atoms. The average Bonchev–Trinajstić information content (AvgIpc) is 2.64. The molecule has 1 aromatic heterocycles. The van der Waals surface area contributed by atoms with Gasteiger partial charge in [-0.25, -0.2) is 18.6 Å². The van der Waals surface area contributed by atoms with Crippen LogP contribution in [0.4, 0.5) is 8.78 Å². The number of rotatable bonds is 4. The number of pyridine rings is 1. The fourth-order valence-electron chi connectivity index (χ4n) is 3.41. The van der Waals surface area contributed by atoms with Crippen molar-refractivity contribution in [3.05, 3.63) is 64.5 Å². The molecule has 1 aromatic carbocycles. The Balaban J connectivity index is 1.60. The number of hydrogen-bond acceptors (Lipinski definition) is 3. The summed E-state index contributed by atoms with van der Waals surface area (Å²) in [5.41, 5.74) is 1.37. The first-order valence-corrected chi connectivity index (χ1v) is 8.79. The maximum absolute atomic E-state index is 13.3. The van der Waals surface area contributed by atoms with Crippen LogP contribution in [0.1, 0.15) is 44.9 Å². The number of likely N-dealkylation sites (tertiary alicyclic amines) is 1. The Morgan fingerprint density at radius 3 is 2.44 bits per heavy atom. The standard InChI is InChI=1S/C20H20F2N2O3/c1-12-15(20(26)27)3-5-18(23-12)19(25)24-8-6-13(7-9-24)10-14-2-4-16(21)17(22)11-14/h2-5,11,13H,6-10H2,1H3,(H,26,27). The molecule has 0 bridgehead atoms. The smallest absolute Gasteiger partial charge is 0.337 e. The number of carbonyl (C=O) groups is 2. The Kier molecular flexibility index (Phi) is 5.48. The number of amides is 1. The molecule has 3 rings (SSSR count). The molecular weight excluding hydrogens is 354 g/mol. The summed E-state index contributed by atoms with van der Waals surface area (Å²) in [5, 5.41) is 9.05. The van der Waals surface area contributed by atoms with Crippen molar-refractivity contribution in [2.45, 2.75) is 26.2 Å². The van der Waals surface area contributed by atoms with Crippen molar-refractivity contribution in [1.29, 1.82) is 0 Å². The maximum atomic E-state index is 13.3. The Labute approximate surface area is 155 Å². The molecular formula is C20H20F2N2O3. The van der Waals surface area contributed by atoms with Crippen molar-refractivity contribution in [3.8, 4) is 0 Å². The molecule has 0 saturated carbocycles. The fraction of sp³-hybridized carbons (Fsp3) is 0.350. The Morgan fingerprint density at radius 1 is 1.15 bits per heavy atom. The van der Waals surface area contributed by atoms with E-state index in [0.717, 1.165) is 24.5 Å². The Morgan fingerprint density at radius 2 is 1.85 bits per heavy atom. The van der Waals surface area contributed by atoms with E-state index in [1.807, 2.05) is 0 Å². The summed E-state index contributed by atoms with van der Waals surface area (Å²) in [7, 11) is 0. The molecule has 1 aliphatic heterocycles. The van der Waals surface area contributed by atoms with Gasteiger partial charge in [0.1, 0.15) is 5.69 Å². The van der Waals surface area contributed by atoms with E-state index < -0.39 is 17.6 Å². The number of aromatic carboxylic acids is 1. The molecule has 5 nitrogen and oxygen atoms in total. The van der Waals surface area contributed by atoms with Gasteiger partial charge in [0.2, 0.25) is 0 Å². The highest BCUT2D eigenvalue weighted by Gasteiger charge is 2.25. The van der Waals surface area contributed by atoms with E-state index in [1.165, 1.54) is 18.2 Å². The largest absolute Gasteiger partial charge is 0.478 e. The second-order valence-corrected chi connectivity index (χ2v) is 6.82. The molecule has 0 atom stereocenters. The van der Waals surface area contributed by atoms with E-state index in [0.29, 0.717) is 31.1 Å². The third kappa shape index (κ3) is 4.30. The topological polar surface area (TPSA) is 70.5 Å². The lowest BCUT2D eigenvalue weighted by Crippen LogP contribution is -2.39. The molecule has 2 heterocycles. The van der Waals surface area contributed by atoms with Crippen molar-refractivity contribution in [2.75, 3.05) is 13.1 Å². The zero-order chi connectivity index (χ0) is 19.6. The number of halogens is 2. The first-order valence-electron chi connectivity index (χ1n) is 8.79. The number of carboxylic acid groups (broad SMARTS) is 1. The van der Waals surface area contributed by atoms with Crippen LogP contribution in [0.15, 0.2) is 30.3 Å². The lowest BCUT2D eigenvalue weighted by atomic mass is 9.90. The first kappa shape index (κ1) is 18.9. The predicted molar refractivity (Wildman–Crippen MR) is 94.6 cm³/mol. The Hall–Kier alpha value is -2.83. The van der Waals surface area contributed by atoms with Crippen LogP contribution in [-0.2, 0) is 6.42 Å². The number of carbonyl (C=O) groups excluding carboxylic acids is 1. The second kappa shape index (κ2) is 7.82. The number of carboxylic acids is 1. The van der Waals surface area contributed by atoms with E-state index >= 15 is 0 Å². The molecule has 0 radical (unpaired) electrons. The lowest BCUT2D eigenvalue weighted by molar-refractivity contribution is 0.0673. The van der Waals surface area contributed by atoms with Gasteiger partial charge in [0.05, 0.1) is 11.3 Å². The van der Waals surface area contributed by atoms with E-state index in [1.54, 1.807) is 17.9 Å². The number of aryl methyl sites for hydroxylation is 1. The van der Waals surface area contributed by atoms with Gasteiger partial charge in [0, 0.05) is 13.1 Å². The predicted octanol–water partition coefficient (Wildman–Crippen LogP) is 3.46. The highest BCUT2D eigenvalue weighted by molar-refractivity contribution is 5.94. The van der Waals surface area contributed by atoms with Crippen LogP contribution in [0, 0.1) is 24.5 Å². The summed E-state index contributed by atoms with van der Waals surface area (Å²) in [5.74, 6) is -2.69. The second-order valence-electron chi connectivity index (χ2n) is 6.82. The molecule has 7 heteroatoms. The monoisotopic (exact) mass is 374 g/mol. The minimum absolute atomic E-state index is 0.0804. The molecule has 1 saturated heterocycles. The number of aromatic nitrogens is 1. The van der Waals surface area contributed by atoms with E-state index in [9.17, 15) is 18.4 Å². The lowest BCUT2D eigenvalue weighted by Gasteiger charge is -2.32. The van der Waals surface area contributed by atoms with Crippen molar-refractivity contribution in [2.24, 2.45) is 5.92 Å². The summed E-state index contributed by atoms with van der Waals surface area (Å²) in [4.78, 5) is 29.5. The van der Waals surface area contributed by atoms with Gasteiger partial charge in [-0.1, -0.05) is 6.07 Å². The minimum atomic E-state index is -1.07. The summed E-state index contributed by atoms with van der Waals surface area (Å²) in [6.45, 7) is 2.66. The third-order valence-electron chi connectivity index (χ3n) is 4.95. The normalized spacial score (nSPS) is 15.0. The van der Waals surface area contributed by atoms with Gasteiger partial charge in [-0.15, -0.1) is 0 Å². The van der Waals surface area contributed by atoms with Crippen molar-refractivity contribution < 1.29 is 23.5 Å². The van der Waals surface area contributed by atoms with E-state index in [-0.39, 0.29) is 17.2 Å². The molecule has 1 fully saturated rings. The van der Waals surface area contributed by atoms with Crippen molar-refractivity contribution in [1.82, 2.24) is 9.88 Å². The summed E-state index contributed by atoms with van der Waals surface area (Å²) in [6.07, 6.45) is 2.16. The average molecular weight is 374 g/mol. The number of nitrogens with zero attached hydrogens (tertiary/aromatic N) is 2. The van der Waals surface area contributed by atoms with Crippen molar-refractivity contribution in [3.63, 3.8) is 0 Å². The van der Waals surface area contributed by atoms with Gasteiger partial charge in [0.25, 0.3) is 5.91 Å². The molecule has 0 unspecified atom stereocenters. The SMILES string of the molecule is Cc1nc(C(=O)N2CCC(Cc3ccc(F)c(F)c3)CC2)ccc1C(=O)O.